The average molecular weight is 425 g/mol. The number of nitrogens with zero attached hydrogens (tertiary/aromatic N) is 1. The van der Waals surface area contributed by atoms with Crippen LogP contribution in [0.4, 0.5) is 18.9 Å². The maximum atomic E-state index is 12.9. The standard InChI is InChI=1S/C19H18F3N3O3S/c1-12-2-4-13(5-3-12)11-23-18(26)9-8-17-24-15-10-14(19(20,21)22)6-7-16(15)29(27,28)25-17/h2-7,10H,8-9,11H2,1H3,(H,23,26)(H,24,25). The lowest BCUT2D eigenvalue weighted by molar-refractivity contribution is -0.137. The van der Waals surface area contributed by atoms with Crippen LogP contribution in [0.25, 0.3) is 0 Å². The average Bonchev–Trinajstić information content (AvgIpc) is 2.64. The molecule has 0 aromatic heterocycles. The number of fused-ring (bicyclic) bond motifs is 1. The van der Waals surface area contributed by atoms with Gasteiger partial charge in [-0.3, -0.25) is 4.79 Å². The van der Waals surface area contributed by atoms with E-state index in [4.69, 9.17) is 0 Å². The van der Waals surface area contributed by atoms with Gasteiger partial charge in [-0.25, -0.2) is 0 Å². The summed E-state index contributed by atoms with van der Waals surface area (Å²) in [7, 11) is -4.13. The first kappa shape index (κ1) is 20.8. The molecule has 3 rings (SSSR count). The summed E-state index contributed by atoms with van der Waals surface area (Å²) < 4.78 is 66.7. The van der Waals surface area contributed by atoms with Gasteiger partial charge in [0.25, 0.3) is 10.0 Å². The molecule has 0 spiro atoms. The number of rotatable bonds is 5. The Morgan fingerprint density at radius 2 is 1.83 bits per heavy atom. The maximum absolute atomic E-state index is 12.9. The summed E-state index contributed by atoms with van der Waals surface area (Å²) in [6, 6.07) is 9.87. The predicted molar refractivity (Wildman–Crippen MR) is 102 cm³/mol. The number of halogens is 3. The zero-order valence-corrected chi connectivity index (χ0v) is 16.2. The monoisotopic (exact) mass is 425 g/mol. The summed E-state index contributed by atoms with van der Waals surface area (Å²) in [5.74, 6) is -0.412. The Morgan fingerprint density at radius 1 is 1.14 bits per heavy atom. The fourth-order valence-corrected chi connectivity index (χ4v) is 3.89. The fraction of sp³-hybridized carbons (Fsp3) is 0.263. The largest absolute Gasteiger partial charge is 0.416 e. The number of carbonyl (C=O) groups excluding carboxylic acids is 1. The minimum atomic E-state index is -4.61. The van der Waals surface area contributed by atoms with Crippen molar-refractivity contribution in [3.05, 3.63) is 59.2 Å². The highest BCUT2D eigenvalue weighted by Gasteiger charge is 2.33. The molecule has 0 atom stereocenters. The third-order valence-corrected chi connectivity index (χ3v) is 5.67. The number of amidine groups is 1. The Hall–Kier alpha value is -2.88. The molecule has 1 aliphatic rings. The maximum Gasteiger partial charge on any atom is 0.416 e. The highest BCUT2D eigenvalue weighted by Crippen LogP contribution is 2.35. The molecule has 0 aliphatic carbocycles. The molecule has 0 radical (unpaired) electrons. The molecule has 2 aromatic rings. The zero-order chi connectivity index (χ0) is 21.2. The van der Waals surface area contributed by atoms with Crippen molar-refractivity contribution in [3.63, 3.8) is 0 Å². The number of hydrogen-bond donors (Lipinski definition) is 2. The molecule has 1 amide bonds. The smallest absolute Gasteiger partial charge is 0.352 e. The molecule has 29 heavy (non-hydrogen) atoms. The van der Waals surface area contributed by atoms with Gasteiger partial charge in [0.2, 0.25) is 5.91 Å². The number of amides is 1. The van der Waals surface area contributed by atoms with Crippen LogP contribution in [0.5, 0.6) is 0 Å². The Labute approximate surface area is 165 Å². The van der Waals surface area contributed by atoms with Gasteiger partial charge in [0.1, 0.15) is 10.7 Å². The second-order valence-corrected chi connectivity index (χ2v) is 8.18. The van der Waals surface area contributed by atoms with Crippen LogP contribution in [0.1, 0.15) is 29.5 Å². The van der Waals surface area contributed by atoms with E-state index in [2.05, 4.69) is 15.0 Å². The highest BCUT2D eigenvalue weighted by atomic mass is 32.2. The van der Waals surface area contributed by atoms with Crippen LogP contribution in [0.15, 0.2) is 51.8 Å². The van der Waals surface area contributed by atoms with E-state index in [1.165, 1.54) is 0 Å². The van der Waals surface area contributed by atoms with Gasteiger partial charge in [-0.2, -0.15) is 21.6 Å². The molecule has 1 aliphatic heterocycles. The van der Waals surface area contributed by atoms with E-state index in [1.807, 2.05) is 31.2 Å². The molecule has 10 heteroatoms. The van der Waals surface area contributed by atoms with Crippen molar-refractivity contribution in [2.24, 2.45) is 4.40 Å². The van der Waals surface area contributed by atoms with E-state index in [-0.39, 0.29) is 35.2 Å². The van der Waals surface area contributed by atoms with Crippen LogP contribution in [0, 0.1) is 6.92 Å². The van der Waals surface area contributed by atoms with Gasteiger partial charge in [0, 0.05) is 19.4 Å². The summed E-state index contributed by atoms with van der Waals surface area (Å²) in [5.41, 5.74) is 0.825. The van der Waals surface area contributed by atoms with E-state index >= 15 is 0 Å². The van der Waals surface area contributed by atoms with E-state index in [0.717, 1.165) is 23.3 Å². The van der Waals surface area contributed by atoms with Crippen molar-refractivity contribution in [1.82, 2.24) is 5.32 Å². The summed E-state index contributed by atoms with van der Waals surface area (Å²) in [6.45, 7) is 2.26. The molecule has 0 bridgehead atoms. The molecule has 0 fully saturated rings. The second kappa shape index (κ2) is 7.86. The number of hydrogen-bond acceptors (Lipinski definition) is 4. The van der Waals surface area contributed by atoms with Crippen molar-refractivity contribution in [2.75, 3.05) is 5.32 Å². The SMILES string of the molecule is Cc1ccc(CNC(=O)CCC2=NS(=O)(=O)c3ccc(C(F)(F)F)cc3N2)cc1. The lowest BCUT2D eigenvalue weighted by Crippen LogP contribution is -2.26. The van der Waals surface area contributed by atoms with Gasteiger partial charge in [-0.15, -0.1) is 4.40 Å². The highest BCUT2D eigenvalue weighted by molar-refractivity contribution is 7.90. The Bertz CT molecular complexity index is 1060. The Balaban J connectivity index is 1.64. The Morgan fingerprint density at radius 3 is 2.48 bits per heavy atom. The summed E-state index contributed by atoms with van der Waals surface area (Å²) in [4.78, 5) is 11.7. The Kier molecular flexibility index (Phi) is 5.65. The van der Waals surface area contributed by atoms with Crippen LogP contribution in [-0.4, -0.2) is 20.2 Å². The normalized spacial score (nSPS) is 15.1. The van der Waals surface area contributed by atoms with E-state index in [9.17, 15) is 26.4 Å². The third-order valence-electron chi connectivity index (χ3n) is 4.29. The molecular formula is C19H18F3N3O3S. The lowest BCUT2D eigenvalue weighted by atomic mass is 10.1. The first-order chi connectivity index (χ1) is 13.5. The van der Waals surface area contributed by atoms with Gasteiger partial charge in [-0.1, -0.05) is 29.8 Å². The quantitative estimate of drug-likeness (QED) is 0.766. The fourth-order valence-electron chi connectivity index (χ4n) is 2.74. The van der Waals surface area contributed by atoms with Gasteiger partial charge < -0.3 is 10.6 Å². The molecular weight excluding hydrogens is 407 g/mol. The van der Waals surface area contributed by atoms with Crippen LogP contribution < -0.4 is 10.6 Å². The minimum absolute atomic E-state index is 0.0609. The molecule has 1 heterocycles. The zero-order valence-electron chi connectivity index (χ0n) is 15.4. The van der Waals surface area contributed by atoms with Crippen molar-refractivity contribution >= 4 is 27.5 Å². The number of benzene rings is 2. The van der Waals surface area contributed by atoms with Gasteiger partial charge >= 0.3 is 6.18 Å². The number of sulfonamides is 1. The number of nitrogens with one attached hydrogen (secondary N) is 2. The number of alkyl halides is 3. The molecule has 154 valence electrons. The molecule has 0 saturated carbocycles. The molecule has 2 aromatic carbocycles. The van der Waals surface area contributed by atoms with E-state index < -0.39 is 21.8 Å². The van der Waals surface area contributed by atoms with Gasteiger partial charge in [-0.05, 0) is 30.7 Å². The van der Waals surface area contributed by atoms with Crippen LogP contribution in [0.3, 0.4) is 0 Å². The first-order valence-corrected chi connectivity index (χ1v) is 10.1. The third kappa shape index (κ3) is 5.14. The topological polar surface area (TPSA) is 87.6 Å². The molecule has 0 saturated heterocycles. The summed E-state index contributed by atoms with van der Waals surface area (Å²) >= 11 is 0. The number of aryl methyl sites for hydroxylation is 1. The minimum Gasteiger partial charge on any atom is -0.352 e. The predicted octanol–water partition coefficient (Wildman–Crippen LogP) is 3.62. The summed E-state index contributed by atoms with van der Waals surface area (Å²) in [6.07, 6.45) is -4.73. The van der Waals surface area contributed by atoms with Crippen molar-refractivity contribution in [3.8, 4) is 0 Å². The number of carbonyl (C=O) groups is 1. The van der Waals surface area contributed by atoms with Crippen molar-refractivity contribution < 1.29 is 26.4 Å². The number of anilines is 1. The summed E-state index contributed by atoms with van der Waals surface area (Å²) in [5, 5.41) is 5.30. The molecule has 2 N–H and O–H groups in total. The van der Waals surface area contributed by atoms with Gasteiger partial charge in [0.05, 0.1) is 11.3 Å². The molecule has 6 nitrogen and oxygen atoms in total. The van der Waals surface area contributed by atoms with E-state index in [0.29, 0.717) is 12.6 Å². The van der Waals surface area contributed by atoms with Crippen LogP contribution in [-0.2, 0) is 27.5 Å². The van der Waals surface area contributed by atoms with Crippen LogP contribution in [0.2, 0.25) is 0 Å². The van der Waals surface area contributed by atoms with E-state index in [1.54, 1.807) is 0 Å². The second-order valence-electron chi connectivity index (χ2n) is 6.61. The lowest BCUT2D eigenvalue weighted by Gasteiger charge is -2.19. The molecule has 0 unspecified atom stereocenters. The van der Waals surface area contributed by atoms with Crippen molar-refractivity contribution in [2.45, 2.75) is 37.4 Å². The van der Waals surface area contributed by atoms with Crippen LogP contribution >= 0.6 is 0 Å². The first-order valence-electron chi connectivity index (χ1n) is 8.69. The van der Waals surface area contributed by atoms with Crippen molar-refractivity contribution in [1.29, 1.82) is 0 Å². The van der Waals surface area contributed by atoms with Gasteiger partial charge in [0.15, 0.2) is 0 Å².